The molecule has 0 radical (unpaired) electrons. The summed E-state index contributed by atoms with van der Waals surface area (Å²) in [5, 5.41) is 0. The highest BCUT2D eigenvalue weighted by atomic mass is 16.1. The molecule has 0 amide bonds. The first-order valence-corrected chi connectivity index (χ1v) is 10.2. The Kier molecular flexibility index (Phi) is 4.80. The Labute approximate surface area is 157 Å². The number of ketones is 1. The summed E-state index contributed by atoms with van der Waals surface area (Å²) in [5.74, 6) is 0.791. The van der Waals surface area contributed by atoms with Crippen LogP contribution in [0.5, 0.6) is 0 Å². The zero-order valence-corrected chi connectivity index (χ0v) is 16.0. The van der Waals surface area contributed by atoms with Crippen molar-refractivity contribution in [3.05, 3.63) is 70.3 Å². The number of rotatable bonds is 6. The average molecular weight is 344 g/mol. The van der Waals surface area contributed by atoms with Crippen LogP contribution in [0, 0.1) is 0 Å². The Balaban J connectivity index is 1.72. The van der Waals surface area contributed by atoms with Gasteiger partial charge in [0.25, 0.3) is 0 Å². The minimum Gasteiger partial charge on any atom is -0.294 e. The van der Waals surface area contributed by atoms with E-state index in [0.717, 1.165) is 18.4 Å². The number of fused-ring (bicyclic) bond motifs is 5. The molecular formula is C25H28O. The van der Waals surface area contributed by atoms with Gasteiger partial charge in [0, 0.05) is 17.9 Å². The fraction of sp³-hybridized carbons (Fsp3) is 0.400. The number of carbonyl (C=O) groups is 1. The van der Waals surface area contributed by atoms with Crippen molar-refractivity contribution in [3.63, 3.8) is 0 Å². The molecule has 26 heavy (non-hydrogen) atoms. The lowest BCUT2D eigenvalue weighted by Gasteiger charge is -2.16. The highest BCUT2D eigenvalue weighted by molar-refractivity contribution is 6.03. The summed E-state index contributed by atoms with van der Waals surface area (Å²) in [4.78, 5) is 12.2. The van der Waals surface area contributed by atoms with Crippen molar-refractivity contribution in [2.45, 2.75) is 64.7 Å². The van der Waals surface area contributed by atoms with Gasteiger partial charge in [-0.1, -0.05) is 68.3 Å². The Morgan fingerprint density at radius 1 is 1.00 bits per heavy atom. The van der Waals surface area contributed by atoms with Gasteiger partial charge in [0.15, 0.2) is 5.78 Å². The first kappa shape index (κ1) is 17.3. The van der Waals surface area contributed by atoms with Gasteiger partial charge in [-0.3, -0.25) is 4.79 Å². The molecule has 2 aliphatic rings. The van der Waals surface area contributed by atoms with Crippen LogP contribution in [0.15, 0.2) is 48.0 Å². The normalized spacial score (nSPS) is 18.0. The van der Waals surface area contributed by atoms with Crippen LogP contribution >= 0.6 is 0 Å². The zero-order chi connectivity index (χ0) is 18.1. The van der Waals surface area contributed by atoms with Gasteiger partial charge in [-0.25, -0.2) is 0 Å². The van der Waals surface area contributed by atoms with E-state index in [0.29, 0.717) is 18.1 Å². The molecule has 1 heteroatoms. The SMILES string of the molecule is CC/C=C(/CCC)CCC1c2ccccc2-c2c1ccc1c2CCC1=O. The largest absolute Gasteiger partial charge is 0.294 e. The van der Waals surface area contributed by atoms with Gasteiger partial charge in [-0.2, -0.15) is 0 Å². The number of benzene rings is 2. The van der Waals surface area contributed by atoms with Crippen LogP contribution < -0.4 is 0 Å². The third kappa shape index (κ3) is 2.84. The number of carbonyl (C=O) groups excluding carboxylic acids is 1. The van der Waals surface area contributed by atoms with Crippen LogP contribution in [0.2, 0.25) is 0 Å². The molecule has 2 aromatic carbocycles. The fourth-order valence-electron chi connectivity index (χ4n) is 4.94. The van der Waals surface area contributed by atoms with Crippen LogP contribution in [-0.2, 0) is 6.42 Å². The van der Waals surface area contributed by atoms with Crippen LogP contribution in [0.25, 0.3) is 11.1 Å². The van der Waals surface area contributed by atoms with Crippen molar-refractivity contribution in [3.8, 4) is 11.1 Å². The molecule has 2 aliphatic carbocycles. The second-order valence-electron chi connectivity index (χ2n) is 7.68. The minimum atomic E-state index is 0.319. The van der Waals surface area contributed by atoms with Gasteiger partial charge in [0.05, 0.1) is 0 Å². The van der Waals surface area contributed by atoms with E-state index in [1.54, 1.807) is 5.57 Å². The monoisotopic (exact) mass is 344 g/mol. The van der Waals surface area contributed by atoms with Crippen LogP contribution in [0.1, 0.15) is 85.3 Å². The second kappa shape index (κ2) is 7.23. The quantitative estimate of drug-likeness (QED) is 0.524. The van der Waals surface area contributed by atoms with E-state index in [2.05, 4.69) is 56.3 Å². The van der Waals surface area contributed by atoms with Crippen molar-refractivity contribution in [2.75, 3.05) is 0 Å². The average Bonchev–Trinajstić information content (AvgIpc) is 3.18. The molecule has 1 nitrogen and oxygen atoms in total. The fourth-order valence-corrected chi connectivity index (χ4v) is 4.94. The van der Waals surface area contributed by atoms with Gasteiger partial charge < -0.3 is 0 Å². The lowest BCUT2D eigenvalue weighted by Crippen LogP contribution is -1.99. The minimum absolute atomic E-state index is 0.319. The second-order valence-corrected chi connectivity index (χ2v) is 7.68. The third-order valence-corrected chi connectivity index (χ3v) is 6.05. The maximum absolute atomic E-state index is 12.2. The molecule has 0 spiro atoms. The van der Waals surface area contributed by atoms with Gasteiger partial charge >= 0.3 is 0 Å². The first-order valence-electron chi connectivity index (χ1n) is 10.2. The van der Waals surface area contributed by atoms with Crippen LogP contribution in [0.4, 0.5) is 0 Å². The standard InChI is InChI=1S/C25H28O/c1-3-7-17(8-4-2)11-12-19-18-9-5-6-10-21(18)25-22(19)14-13-20-23(25)15-16-24(20)26/h5-7,9-10,13-14,19H,3-4,8,11-12,15-16H2,1-2H3/b17-7-. The van der Waals surface area contributed by atoms with E-state index >= 15 is 0 Å². The summed E-state index contributed by atoms with van der Waals surface area (Å²) in [5.41, 5.74) is 9.55. The van der Waals surface area contributed by atoms with Crippen molar-refractivity contribution in [2.24, 2.45) is 0 Å². The lowest BCUT2D eigenvalue weighted by atomic mass is 9.88. The molecule has 0 saturated carbocycles. The van der Waals surface area contributed by atoms with Crippen molar-refractivity contribution in [1.29, 1.82) is 0 Å². The number of hydrogen-bond donors (Lipinski definition) is 0. The molecule has 4 rings (SSSR count). The summed E-state index contributed by atoms with van der Waals surface area (Å²) < 4.78 is 0. The van der Waals surface area contributed by atoms with Crippen LogP contribution in [-0.4, -0.2) is 5.78 Å². The van der Waals surface area contributed by atoms with Crippen molar-refractivity contribution < 1.29 is 4.79 Å². The molecular weight excluding hydrogens is 316 g/mol. The maximum Gasteiger partial charge on any atom is 0.163 e. The number of hydrogen-bond acceptors (Lipinski definition) is 1. The summed E-state index contributed by atoms with van der Waals surface area (Å²) in [6, 6.07) is 13.2. The molecule has 1 atom stereocenters. The van der Waals surface area contributed by atoms with E-state index < -0.39 is 0 Å². The first-order chi connectivity index (χ1) is 12.7. The predicted molar refractivity (Wildman–Crippen MR) is 109 cm³/mol. The maximum atomic E-state index is 12.2. The lowest BCUT2D eigenvalue weighted by molar-refractivity contribution is 0.0994. The van der Waals surface area contributed by atoms with E-state index in [1.807, 2.05) is 0 Å². The third-order valence-electron chi connectivity index (χ3n) is 6.05. The molecule has 0 saturated heterocycles. The molecule has 0 bridgehead atoms. The predicted octanol–water partition coefficient (Wildman–Crippen LogP) is 6.84. The Morgan fingerprint density at radius 3 is 2.65 bits per heavy atom. The topological polar surface area (TPSA) is 17.1 Å². The molecule has 0 fully saturated rings. The molecule has 1 unspecified atom stereocenters. The van der Waals surface area contributed by atoms with Gasteiger partial charge in [0.1, 0.15) is 0 Å². The Hall–Kier alpha value is -2.15. The summed E-state index contributed by atoms with van der Waals surface area (Å²) in [6.45, 7) is 4.50. The van der Waals surface area contributed by atoms with E-state index in [-0.39, 0.29) is 0 Å². The molecule has 0 aromatic heterocycles. The zero-order valence-electron chi connectivity index (χ0n) is 16.0. The molecule has 2 aromatic rings. The summed E-state index contributed by atoms with van der Waals surface area (Å²) >= 11 is 0. The van der Waals surface area contributed by atoms with Crippen molar-refractivity contribution in [1.82, 2.24) is 0 Å². The van der Waals surface area contributed by atoms with E-state index in [9.17, 15) is 4.79 Å². The molecule has 0 N–H and O–H groups in total. The molecule has 134 valence electrons. The smallest absolute Gasteiger partial charge is 0.163 e. The number of Topliss-reactive ketones (excluding diaryl/α,β-unsaturated/α-hetero) is 1. The van der Waals surface area contributed by atoms with Gasteiger partial charge in [-0.05, 0) is 59.9 Å². The van der Waals surface area contributed by atoms with Crippen molar-refractivity contribution >= 4 is 5.78 Å². The molecule has 0 heterocycles. The van der Waals surface area contributed by atoms with Gasteiger partial charge in [-0.15, -0.1) is 0 Å². The number of allylic oxidation sites excluding steroid dienone is 2. The molecule has 0 aliphatic heterocycles. The highest BCUT2D eigenvalue weighted by Gasteiger charge is 2.33. The summed E-state index contributed by atoms with van der Waals surface area (Å²) in [6.07, 6.45) is 9.93. The van der Waals surface area contributed by atoms with E-state index in [1.165, 1.54) is 53.5 Å². The van der Waals surface area contributed by atoms with E-state index in [4.69, 9.17) is 0 Å². The van der Waals surface area contributed by atoms with Gasteiger partial charge in [0.2, 0.25) is 0 Å². The van der Waals surface area contributed by atoms with Crippen LogP contribution in [0.3, 0.4) is 0 Å². The Morgan fingerprint density at radius 2 is 1.85 bits per heavy atom. The highest BCUT2D eigenvalue weighted by Crippen LogP contribution is 2.50. The Bertz CT molecular complexity index is 872. The summed E-state index contributed by atoms with van der Waals surface area (Å²) in [7, 11) is 0.